The fourth-order valence-electron chi connectivity index (χ4n) is 2.34. The van der Waals surface area contributed by atoms with Crippen LogP contribution in [0.4, 0.5) is 0 Å². The van der Waals surface area contributed by atoms with Gasteiger partial charge in [-0.15, -0.1) is 0 Å². The van der Waals surface area contributed by atoms with Crippen LogP contribution in [0.5, 0.6) is 11.5 Å². The molecule has 2 N–H and O–H groups in total. The summed E-state index contributed by atoms with van der Waals surface area (Å²) in [6.07, 6.45) is 1.16. The standard InChI is InChI=1S/C17H28N4O2/c1-5-13(2)21(4)9-8-19-17(18-3)20-11-14-6-7-15-16(10-14)23-12-22-15/h6-7,10,13H,5,8-9,11-12H2,1-4H3,(H2,18,19,20). The molecule has 0 fully saturated rings. The van der Waals surface area contributed by atoms with Crippen LogP contribution in [-0.2, 0) is 6.54 Å². The summed E-state index contributed by atoms with van der Waals surface area (Å²) in [5.74, 6) is 2.42. The molecule has 0 radical (unpaired) electrons. The Morgan fingerprint density at radius 2 is 2.09 bits per heavy atom. The van der Waals surface area contributed by atoms with Crippen molar-refractivity contribution >= 4 is 5.96 Å². The molecule has 1 aromatic rings. The summed E-state index contributed by atoms with van der Waals surface area (Å²) >= 11 is 0. The van der Waals surface area contributed by atoms with Gasteiger partial charge in [-0.1, -0.05) is 13.0 Å². The van der Waals surface area contributed by atoms with Gasteiger partial charge in [0.25, 0.3) is 0 Å². The van der Waals surface area contributed by atoms with Crippen molar-refractivity contribution in [1.82, 2.24) is 15.5 Å². The molecule has 6 heteroatoms. The number of hydrogen-bond acceptors (Lipinski definition) is 4. The second-order valence-electron chi connectivity index (χ2n) is 5.78. The zero-order chi connectivity index (χ0) is 16.7. The Morgan fingerprint density at radius 3 is 2.83 bits per heavy atom. The van der Waals surface area contributed by atoms with Crippen molar-refractivity contribution in [3.8, 4) is 11.5 Å². The third kappa shape index (κ3) is 5.03. The Kier molecular flexibility index (Phi) is 6.52. The van der Waals surface area contributed by atoms with E-state index >= 15 is 0 Å². The molecule has 1 aliphatic rings. The molecule has 0 aromatic heterocycles. The topological polar surface area (TPSA) is 58.1 Å². The van der Waals surface area contributed by atoms with Crippen molar-refractivity contribution in [2.75, 3.05) is 34.0 Å². The van der Waals surface area contributed by atoms with E-state index < -0.39 is 0 Å². The van der Waals surface area contributed by atoms with E-state index in [0.717, 1.165) is 42.5 Å². The maximum Gasteiger partial charge on any atom is 0.231 e. The lowest BCUT2D eigenvalue weighted by Crippen LogP contribution is -2.42. The number of aliphatic imine (C=N–C) groups is 1. The quantitative estimate of drug-likeness (QED) is 0.593. The molecule has 0 spiro atoms. The molecule has 6 nitrogen and oxygen atoms in total. The van der Waals surface area contributed by atoms with Gasteiger partial charge in [-0.25, -0.2) is 0 Å². The minimum atomic E-state index is 0.305. The predicted molar refractivity (Wildman–Crippen MR) is 93.1 cm³/mol. The normalized spacial score (nSPS) is 14.9. The Bertz CT molecular complexity index is 533. The number of nitrogens with zero attached hydrogens (tertiary/aromatic N) is 2. The lowest BCUT2D eigenvalue weighted by molar-refractivity contribution is 0.174. The second kappa shape index (κ2) is 8.62. The van der Waals surface area contributed by atoms with Gasteiger partial charge >= 0.3 is 0 Å². The third-order valence-electron chi connectivity index (χ3n) is 4.22. The predicted octanol–water partition coefficient (Wildman–Crippen LogP) is 1.81. The number of fused-ring (bicyclic) bond motifs is 1. The van der Waals surface area contributed by atoms with Crippen LogP contribution in [0.3, 0.4) is 0 Å². The number of benzene rings is 1. The van der Waals surface area contributed by atoms with Crippen LogP contribution >= 0.6 is 0 Å². The molecule has 23 heavy (non-hydrogen) atoms. The van der Waals surface area contributed by atoms with Crippen LogP contribution in [0.2, 0.25) is 0 Å². The molecule has 2 rings (SSSR count). The van der Waals surface area contributed by atoms with Gasteiger partial charge in [-0.3, -0.25) is 4.99 Å². The Labute approximate surface area is 138 Å². The van der Waals surface area contributed by atoms with Gasteiger partial charge in [0, 0.05) is 32.7 Å². The molecule has 1 aromatic carbocycles. The number of guanidine groups is 1. The maximum atomic E-state index is 5.40. The van der Waals surface area contributed by atoms with Crippen molar-refractivity contribution in [2.24, 2.45) is 4.99 Å². The molecule has 128 valence electrons. The average molecular weight is 320 g/mol. The molecule has 0 aliphatic carbocycles. The summed E-state index contributed by atoms with van der Waals surface area (Å²) in [7, 11) is 3.94. The number of ether oxygens (including phenoxy) is 2. The van der Waals surface area contributed by atoms with E-state index in [2.05, 4.69) is 41.4 Å². The molecule has 0 bridgehead atoms. The van der Waals surface area contributed by atoms with Gasteiger partial charge in [0.1, 0.15) is 0 Å². The van der Waals surface area contributed by atoms with E-state index in [1.54, 1.807) is 7.05 Å². The number of hydrogen-bond donors (Lipinski definition) is 2. The van der Waals surface area contributed by atoms with Crippen LogP contribution < -0.4 is 20.1 Å². The minimum Gasteiger partial charge on any atom is -0.454 e. The molecule has 0 amide bonds. The molecule has 1 unspecified atom stereocenters. The van der Waals surface area contributed by atoms with E-state index in [1.807, 2.05) is 18.2 Å². The molecular weight excluding hydrogens is 292 g/mol. The number of likely N-dealkylation sites (N-methyl/N-ethyl adjacent to an activating group) is 1. The summed E-state index contributed by atoms with van der Waals surface area (Å²) in [5, 5.41) is 6.66. The summed E-state index contributed by atoms with van der Waals surface area (Å²) in [5.41, 5.74) is 1.13. The Balaban J connectivity index is 1.75. The first kappa shape index (κ1) is 17.4. The fourth-order valence-corrected chi connectivity index (χ4v) is 2.34. The van der Waals surface area contributed by atoms with Crippen LogP contribution in [0.1, 0.15) is 25.8 Å². The van der Waals surface area contributed by atoms with Crippen LogP contribution in [0.15, 0.2) is 23.2 Å². The highest BCUT2D eigenvalue weighted by molar-refractivity contribution is 5.79. The molecule has 0 saturated carbocycles. The van der Waals surface area contributed by atoms with E-state index in [1.165, 1.54) is 0 Å². The Hall–Kier alpha value is -1.95. The molecule has 1 aliphatic heterocycles. The van der Waals surface area contributed by atoms with E-state index in [0.29, 0.717) is 19.4 Å². The number of rotatable bonds is 7. The summed E-state index contributed by atoms with van der Waals surface area (Å²) < 4.78 is 10.7. The second-order valence-corrected chi connectivity index (χ2v) is 5.78. The molecule has 1 atom stereocenters. The summed E-state index contributed by atoms with van der Waals surface area (Å²) in [6, 6.07) is 6.57. The summed E-state index contributed by atoms with van der Waals surface area (Å²) in [6.45, 7) is 7.30. The van der Waals surface area contributed by atoms with Gasteiger partial charge in [0.05, 0.1) is 0 Å². The monoisotopic (exact) mass is 320 g/mol. The lowest BCUT2D eigenvalue weighted by atomic mass is 10.2. The smallest absolute Gasteiger partial charge is 0.231 e. The van der Waals surface area contributed by atoms with Crippen LogP contribution in [0.25, 0.3) is 0 Å². The molecule has 0 saturated heterocycles. The zero-order valence-electron chi connectivity index (χ0n) is 14.6. The van der Waals surface area contributed by atoms with E-state index in [4.69, 9.17) is 9.47 Å². The zero-order valence-corrected chi connectivity index (χ0v) is 14.6. The van der Waals surface area contributed by atoms with Crippen molar-refractivity contribution in [1.29, 1.82) is 0 Å². The van der Waals surface area contributed by atoms with Gasteiger partial charge < -0.3 is 25.0 Å². The largest absolute Gasteiger partial charge is 0.454 e. The molecular formula is C17H28N4O2. The maximum absolute atomic E-state index is 5.40. The minimum absolute atomic E-state index is 0.305. The van der Waals surface area contributed by atoms with Crippen molar-refractivity contribution in [3.63, 3.8) is 0 Å². The highest BCUT2D eigenvalue weighted by Crippen LogP contribution is 2.32. The van der Waals surface area contributed by atoms with Crippen LogP contribution in [0, 0.1) is 0 Å². The first-order chi connectivity index (χ1) is 11.1. The first-order valence-electron chi connectivity index (χ1n) is 8.17. The van der Waals surface area contributed by atoms with Gasteiger partial charge in [-0.2, -0.15) is 0 Å². The van der Waals surface area contributed by atoms with E-state index in [9.17, 15) is 0 Å². The lowest BCUT2D eigenvalue weighted by Gasteiger charge is -2.24. The van der Waals surface area contributed by atoms with Gasteiger partial charge in [-0.05, 0) is 38.1 Å². The third-order valence-corrected chi connectivity index (χ3v) is 4.22. The SMILES string of the molecule is CCC(C)N(C)CCNC(=NC)NCc1ccc2c(c1)OCO2. The number of nitrogens with one attached hydrogen (secondary N) is 2. The van der Waals surface area contributed by atoms with Crippen molar-refractivity contribution < 1.29 is 9.47 Å². The summed E-state index contributed by atoms with van der Waals surface area (Å²) in [4.78, 5) is 6.60. The van der Waals surface area contributed by atoms with E-state index in [-0.39, 0.29) is 0 Å². The molecule has 1 heterocycles. The highest BCUT2D eigenvalue weighted by atomic mass is 16.7. The van der Waals surface area contributed by atoms with Crippen molar-refractivity contribution in [3.05, 3.63) is 23.8 Å². The Morgan fingerprint density at radius 1 is 1.30 bits per heavy atom. The first-order valence-corrected chi connectivity index (χ1v) is 8.17. The van der Waals surface area contributed by atoms with Crippen molar-refractivity contribution in [2.45, 2.75) is 32.9 Å². The highest BCUT2D eigenvalue weighted by Gasteiger charge is 2.13. The van der Waals surface area contributed by atoms with Crippen LogP contribution in [-0.4, -0.2) is 50.9 Å². The van der Waals surface area contributed by atoms with Gasteiger partial charge in [0.15, 0.2) is 17.5 Å². The average Bonchev–Trinajstić information content (AvgIpc) is 3.04. The van der Waals surface area contributed by atoms with Gasteiger partial charge in [0.2, 0.25) is 6.79 Å². The fraction of sp³-hybridized carbons (Fsp3) is 0.588.